The van der Waals surface area contributed by atoms with E-state index in [2.05, 4.69) is 50.0 Å². The molecule has 2 aromatic rings. The summed E-state index contributed by atoms with van der Waals surface area (Å²) >= 11 is 0. The lowest BCUT2D eigenvalue weighted by molar-refractivity contribution is 0.590. The normalized spacial score (nSPS) is 11.8. The highest BCUT2D eigenvalue weighted by Gasteiger charge is 2.14. The van der Waals surface area contributed by atoms with Crippen LogP contribution in [0.2, 0.25) is 0 Å². The maximum atomic E-state index is 4.37. The third kappa shape index (κ3) is 2.16. The van der Waals surface area contributed by atoms with Gasteiger partial charge in [0.2, 0.25) is 0 Å². The predicted octanol–water partition coefficient (Wildman–Crippen LogP) is 3.38. The van der Waals surface area contributed by atoms with Gasteiger partial charge in [-0.2, -0.15) is 0 Å². The van der Waals surface area contributed by atoms with E-state index < -0.39 is 0 Å². The van der Waals surface area contributed by atoms with E-state index in [1.54, 1.807) is 0 Å². The lowest BCUT2D eigenvalue weighted by Crippen LogP contribution is -2.10. The van der Waals surface area contributed by atoms with Crippen molar-refractivity contribution in [2.75, 3.05) is 0 Å². The largest absolute Gasteiger partial charge is 0.340 e. The fraction of sp³-hybridized carbons (Fsp3) is 0.357. The van der Waals surface area contributed by atoms with Crippen LogP contribution in [0.3, 0.4) is 0 Å². The summed E-state index contributed by atoms with van der Waals surface area (Å²) in [4.78, 5) is 4.37. The van der Waals surface area contributed by atoms with Crippen LogP contribution >= 0.6 is 0 Å². The fourth-order valence-corrected chi connectivity index (χ4v) is 1.71. The lowest BCUT2D eigenvalue weighted by atomic mass is 9.86. The van der Waals surface area contributed by atoms with Gasteiger partial charge in [-0.25, -0.2) is 4.98 Å². The summed E-state index contributed by atoms with van der Waals surface area (Å²) in [5, 5.41) is 0. The van der Waals surface area contributed by atoms with E-state index in [0.29, 0.717) is 0 Å². The first-order valence-corrected chi connectivity index (χ1v) is 5.56. The van der Waals surface area contributed by atoms with Crippen LogP contribution in [-0.2, 0) is 12.5 Å². The van der Waals surface area contributed by atoms with Gasteiger partial charge in [0.05, 0.1) is 12.0 Å². The van der Waals surface area contributed by atoms with Gasteiger partial charge in [-0.3, -0.25) is 0 Å². The van der Waals surface area contributed by atoms with Gasteiger partial charge in [0.25, 0.3) is 0 Å². The number of aromatic nitrogens is 2. The topological polar surface area (TPSA) is 17.8 Å². The number of imidazole rings is 1. The van der Waals surface area contributed by atoms with Crippen molar-refractivity contribution in [3.05, 3.63) is 42.4 Å². The van der Waals surface area contributed by atoms with Crippen LogP contribution in [0.15, 0.2) is 36.8 Å². The maximum Gasteiger partial charge on any atom is 0.0951 e. The molecule has 0 bridgehead atoms. The van der Waals surface area contributed by atoms with Crippen LogP contribution in [0.1, 0.15) is 26.3 Å². The molecule has 84 valence electrons. The molecule has 0 atom stereocenters. The van der Waals surface area contributed by atoms with Crippen LogP contribution in [0.25, 0.3) is 11.3 Å². The number of aryl methyl sites for hydroxylation is 1. The van der Waals surface area contributed by atoms with Crippen molar-refractivity contribution in [3.8, 4) is 11.3 Å². The molecular formula is C14H18N2. The molecule has 0 radical (unpaired) electrons. The molecule has 0 aliphatic carbocycles. The first-order valence-electron chi connectivity index (χ1n) is 5.56. The smallest absolute Gasteiger partial charge is 0.0951 e. The van der Waals surface area contributed by atoms with E-state index in [1.165, 1.54) is 11.1 Å². The quantitative estimate of drug-likeness (QED) is 0.711. The Labute approximate surface area is 97.0 Å². The first kappa shape index (κ1) is 10.9. The molecule has 0 aliphatic rings. The third-order valence-electron chi connectivity index (χ3n) is 2.73. The van der Waals surface area contributed by atoms with Gasteiger partial charge in [0.1, 0.15) is 0 Å². The van der Waals surface area contributed by atoms with Crippen molar-refractivity contribution in [2.45, 2.75) is 26.2 Å². The number of hydrogen-bond acceptors (Lipinski definition) is 1. The summed E-state index contributed by atoms with van der Waals surface area (Å²) in [5.41, 5.74) is 3.75. The Morgan fingerprint density at radius 3 is 2.50 bits per heavy atom. The molecule has 0 saturated heterocycles. The molecule has 0 amide bonds. The van der Waals surface area contributed by atoms with Crippen LogP contribution in [0, 0.1) is 0 Å². The molecule has 0 N–H and O–H groups in total. The average Bonchev–Trinajstić information content (AvgIpc) is 2.64. The summed E-state index contributed by atoms with van der Waals surface area (Å²) in [6.07, 6.45) is 3.88. The zero-order valence-electron chi connectivity index (χ0n) is 10.4. The summed E-state index contributed by atoms with van der Waals surface area (Å²) in [7, 11) is 1.99. The molecule has 0 aliphatic heterocycles. The van der Waals surface area contributed by atoms with Crippen molar-refractivity contribution in [1.82, 2.24) is 9.55 Å². The van der Waals surface area contributed by atoms with Crippen LogP contribution in [0.5, 0.6) is 0 Å². The van der Waals surface area contributed by atoms with Gasteiger partial charge in [-0.1, -0.05) is 39.0 Å². The van der Waals surface area contributed by atoms with E-state index in [4.69, 9.17) is 0 Å². The maximum absolute atomic E-state index is 4.37. The summed E-state index contributed by atoms with van der Waals surface area (Å²) < 4.78 is 1.97. The monoisotopic (exact) mass is 214 g/mol. The highest BCUT2D eigenvalue weighted by Crippen LogP contribution is 2.26. The Balaban J connectivity index is 2.44. The molecule has 1 aromatic heterocycles. The molecule has 2 nitrogen and oxygen atoms in total. The lowest BCUT2D eigenvalue weighted by Gasteiger charge is -2.19. The SMILES string of the molecule is Cn1cnc(-c2cccc(C(C)(C)C)c2)c1. The van der Waals surface area contributed by atoms with Gasteiger partial charge < -0.3 is 4.57 Å². The van der Waals surface area contributed by atoms with E-state index in [-0.39, 0.29) is 5.41 Å². The Bertz CT molecular complexity index is 489. The third-order valence-corrected chi connectivity index (χ3v) is 2.73. The van der Waals surface area contributed by atoms with E-state index in [0.717, 1.165) is 5.69 Å². The molecule has 1 heterocycles. The molecule has 0 spiro atoms. The first-order chi connectivity index (χ1) is 7.47. The second kappa shape index (κ2) is 3.78. The molecule has 0 fully saturated rings. The predicted molar refractivity (Wildman–Crippen MR) is 67.3 cm³/mol. The minimum Gasteiger partial charge on any atom is -0.340 e. The van der Waals surface area contributed by atoms with Crippen LogP contribution in [0.4, 0.5) is 0 Å². The van der Waals surface area contributed by atoms with Crippen molar-refractivity contribution in [3.63, 3.8) is 0 Å². The number of rotatable bonds is 1. The van der Waals surface area contributed by atoms with Gasteiger partial charge in [0.15, 0.2) is 0 Å². The highest BCUT2D eigenvalue weighted by atomic mass is 15.0. The van der Waals surface area contributed by atoms with Crippen molar-refractivity contribution in [2.24, 2.45) is 7.05 Å². The highest BCUT2D eigenvalue weighted by molar-refractivity contribution is 5.59. The summed E-state index contributed by atoms with van der Waals surface area (Å²) in [5.74, 6) is 0. The zero-order valence-corrected chi connectivity index (χ0v) is 10.4. The minimum atomic E-state index is 0.185. The van der Waals surface area contributed by atoms with E-state index >= 15 is 0 Å². The number of hydrogen-bond donors (Lipinski definition) is 0. The Morgan fingerprint density at radius 1 is 1.19 bits per heavy atom. The Kier molecular flexibility index (Phi) is 2.58. The fourth-order valence-electron chi connectivity index (χ4n) is 1.71. The van der Waals surface area contributed by atoms with E-state index in [1.807, 2.05) is 24.1 Å². The molecule has 16 heavy (non-hydrogen) atoms. The molecule has 2 rings (SSSR count). The van der Waals surface area contributed by atoms with Gasteiger partial charge in [-0.15, -0.1) is 0 Å². The van der Waals surface area contributed by atoms with Crippen LogP contribution < -0.4 is 0 Å². The van der Waals surface area contributed by atoms with Gasteiger partial charge in [-0.05, 0) is 17.0 Å². The number of benzene rings is 1. The average molecular weight is 214 g/mol. The second-order valence-electron chi connectivity index (χ2n) is 5.26. The number of nitrogens with zero attached hydrogens (tertiary/aromatic N) is 2. The van der Waals surface area contributed by atoms with Gasteiger partial charge in [0, 0.05) is 18.8 Å². The summed E-state index contributed by atoms with van der Waals surface area (Å²) in [6.45, 7) is 6.68. The zero-order chi connectivity index (χ0) is 11.8. The molecule has 2 heteroatoms. The molecule has 0 saturated carbocycles. The van der Waals surface area contributed by atoms with Crippen molar-refractivity contribution in [1.29, 1.82) is 0 Å². The Hall–Kier alpha value is -1.57. The van der Waals surface area contributed by atoms with E-state index in [9.17, 15) is 0 Å². The minimum absolute atomic E-state index is 0.185. The molecule has 0 unspecified atom stereocenters. The van der Waals surface area contributed by atoms with Gasteiger partial charge >= 0.3 is 0 Å². The molecule has 1 aromatic carbocycles. The molecular weight excluding hydrogens is 196 g/mol. The van der Waals surface area contributed by atoms with Crippen molar-refractivity contribution < 1.29 is 0 Å². The summed E-state index contributed by atoms with van der Waals surface area (Å²) in [6, 6.07) is 8.61. The standard InChI is InChI=1S/C14H18N2/c1-14(2,3)12-7-5-6-11(8-12)13-9-16(4)10-15-13/h5-10H,1-4H3. The van der Waals surface area contributed by atoms with Crippen LogP contribution in [-0.4, -0.2) is 9.55 Å². The second-order valence-corrected chi connectivity index (χ2v) is 5.26. The van der Waals surface area contributed by atoms with Crippen molar-refractivity contribution >= 4 is 0 Å². The Morgan fingerprint density at radius 2 is 1.94 bits per heavy atom.